The molecule has 2 heterocycles. The Labute approximate surface area is 195 Å². The number of halogens is 1. The first-order valence-electron chi connectivity index (χ1n) is 10.6. The highest BCUT2D eigenvalue weighted by Gasteiger charge is 2.17. The van der Waals surface area contributed by atoms with E-state index in [9.17, 15) is 9.18 Å². The van der Waals surface area contributed by atoms with Gasteiger partial charge in [0.1, 0.15) is 23.7 Å². The fourth-order valence-electron chi connectivity index (χ4n) is 3.73. The molecule has 170 valence electrons. The average molecular weight is 466 g/mol. The van der Waals surface area contributed by atoms with Crippen molar-refractivity contribution in [3.63, 3.8) is 0 Å². The Morgan fingerprint density at radius 2 is 2.06 bits per heavy atom. The monoisotopic (exact) mass is 465 g/mol. The number of carbonyl (C=O) groups is 1. The Bertz CT molecular complexity index is 1310. The van der Waals surface area contributed by atoms with Crippen LogP contribution >= 0.6 is 11.3 Å². The summed E-state index contributed by atoms with van der Waals surface area (Å²) in [5, 5.41) is 15.7. The van der Waals surface area contributed by atoms with Gasteiger partial charge in [-0.25, -0.2) is 14.4 Å². The van der Waals surface area contributed by atoms with Gasteiger partial charge >= 0.3 is 5.97 Å². The highest BCUT2D eigenvalue weighted by atomic mass is 32.1. The van der Waals surface area contributed by atoms with Gasteiger partial charge in [0, 0.05) is 28.4 Å². The van der Waals surface area contributed by atoms with Gasteiger partial charge in [0.2, 0.25) is 0 Å². The largest absolute Gasteiger partial charge is 0.493 e. The minimum absolute atomic E-state index is 0.0264. The van der Waals surface area contributed by atoms with Crippen molar-refractivity contribution in [2.45, 2.75) is 26.7 Å². The molecule has 0 saturated carbocycles. The number of nitrogens with zero attached hydrogens (tertiary/aromatic N) is 2. The summed E-state index contributed by atoms with van der Waals surface area (Å²) in [5.41, 5.74) is 3.58. The van der Waals surface area contributed by atoms with Crippen LogP contribution in [0.2, 0.25) is 0 Å². The van der Waals surface area contributed by atoms with Gasteiger partial charge in [-0.15, -0.1) is 11.3 Å². The van der Waals surface area contributed by atoms with Gasteiger partial charge in [-0.2, -0.15) is 0 Å². The Kier molecular flexibility index (Phi) is 6.84. The molecule has 0 spiro atoms. The first-order valence-corrected chi connectivity index (χ1v) is 11.5. The number of aromatic nitrogens is 2. The SMILES string of the molecule is CCOc1cc(-c2cc(NCCc3cc4ccsc4cc3C)ncn2)cc(F)c1CC(=O)O. The van der Waals surface area contributed by atoms with Crippen LogP contribution in [0.4, 0.5) is 10.2 Å². The third kappa shape index (κ3) is 5.28. The fraction of sp³-hybridized carbons (Fsp3) is 0.240. The number of fused-ring (bicyclic) bond motifs is 1. The van der Waals surface area contributed by atoms with Gasteiger partial charge in [0.25, 0.3) is 0 Å². The Morgan fingerprint density at radius 1 is 1.21 bits per heavy atom. The van der Waals surface area contributed by atoms with Crippen LogP contribution in [0.3, 0.4) is 0 Å². The predicted molar refractivity (Wildman–Crippen MR) is 129 cm³/mol. The quantitative estimate of drug-likeness (QED) is 0.340. The third-order valence-electron chi connectivity index (χ3n) is 5.36. The molecule has 0 aliphatic heterocycles. The average Bonchev–Trinajstić information content (AvgIpc) is 3.23. The number of hydrogen-bond donors (Lipinski definition) is 2. The second-order valence-corrected chi connectivity index (χ2v) is 8.59. The summed E-state index contributed by atoms with van der Waals surface area (Å²) in [4.78, 5) is 19.6. The lowest BCUT2D eigenvalue weighted by atomic mass is 10.0. The molecule has 0 aliphatic carbocycles. The van der Waals surface area contributed by atoms with Gasteiger partial charge in [-0.05, 0) is 72.5 Å². The van der Waals surface area contributed by atoms with Crippen molar-refractivity contribution in [1.82, 2.24) is 9.97 Å². The van der Waals surface area contributed by atoms with Crippen LogP contribution in [0.25, 0.3) is 21.3 Å². The lowest BCUT2D eigenvalue weighted by Gasteiger charge is -2.13. The number of carboxylic acid groups (broad SMARTS) is 1. The predicted octanol–water partition coefficient (Wildman–Crippen LogP) is 5.49. The molecule has 8 heteroatoms. The summed E-state index contributed by atoms with van der Waals surface area (Å²) in [5.74, 6) is -0.917. The topological polar surface area (TPSA) is 84.3 Å². The van der Waals surface area contributed by atoms with Gasteiger partial charge in [-0.1, -0.05) is 0 Å². The lowest BCUT2D eigenvalue weighted by molar-refractivity contribution is -0.136. The van der Waals surface area contributed by atoms with Gasteiger partial charge in [0.05, 0.1) is 18.7 Å². The smallest absolute Gasteiger partial charge is 0.308 e. The number of aliphatic carboxylic acids is 1. The van der Waals surface area contributed by atoms with Crippen LogP contribution in [-0.2, 0) is 17.6 Å². The van der Waals surface area contributed by atoms with Crippen LogP contribution in [0.15, 0.2) is 48.1 Å². The van der Waals surface area contributed by atoms with Crippen molar-refractivity contribution in [3.05, 3.63) is 70.6 Å². The zero-order valence-electron chi connectivity index (χ0n) is 18.4. The molecule has 33 heavy (non-hydrogen) atoms. The van der Waals surface area contributed by atoms with Crippen molar-refractivity contribution in [2.75, 3.05) is 18.5 Å². The number of rotatable bonds is 9. The summed E-state index contributed by atoms with van der Waals surface area (Å²) in [6, 6.07) is 11.2. The van der Waals surface area contributed by atoms with E-state index >= 15 is 0 Å². The normalized spacial score (nSPS) is 11.0. The first kappa shape index (κ1) is 22.7. The zero-order chi connectivity index (χ0) is 23.4. The summed E-state index contributed by atoms with van der Waals surface area (Å²) >= 11 is 1.74. The van der Waals surface area contributed by atoms with Gasteiger partial charge in [0.15, 0.2) is 0 Å². The summed E-state index contributed by atoms with van der Waals surface area (Å²) in [6.45, 7) is 4.86. The highest BCUT2D eigenvalue weighted by molar-refractivity contribution is 7.17. The van der Waals surface area contributed by atoms with Crippen LogP contribution in [0, 0.1) is 12.7 Å². The maximum atomic E-state index is 14.7. The van der Waals surface area contributed by atoms with Gasteiger partial charge < -0.3 is 15.2 Å². The second-order valence-electron chi connectivity index (χ2n) is 7.64. The third-order valence-corrected chi connectivity index (χ3v) is 6.24. The van der Waals surface area contributed by atoms with Crippen molar-refractivity contribution in [1.29, 1.82) is 0 Å². The number of anilines is 1. The molecule has 0 aliphatic rings. The fourth-order valence-corrected chi connectivity index (χ4v) is 4.60. The van der Waals surface area contributed by atoms with E-state index in [1.807, 2.05) is 0 Å². The van der Waals surface area contributed by atoms with E-state index in [1.54, 1.807) is 30.4 Å². The number of nitrogens with one attached hydrogen (secondary N) is 1. The molecular formula is C25H24FN3O3S. The van der Waals surface area contributed by atoms with Gasteiger partial charge in [-0.3, -0.25) is 4.79 Å². The number of hydrogen-bond acceptors (Lipinski definition) is 6. The van der Waals surface area contributed by atoms with Crippen LogP contribution in [0.1, 0.15) is 23.6 Å². The highest BCUT2D eigenvalue weighted by Crippen LogP contribution is 2.30. The number of carboxylic acids is 1. The number of aryl methyl sites for hydroxylation is 1. The first-order chi connectivity index (χ1) is 15.9. The van der Waals surface area contributed by atoms with Crippen molar-refractivity contribution in [3.8, 4) is 17.0 Å². The molecule has 0 fully saturated rings. The van der Waals surface area contributed by atoms with E-state index < -0.39 is 18.2 Å². The van der Waals surface area contributed by atoms with Crippen molar-refractivity contribution < 1.29 is 19.0 Å². The van der Waals surface area contributed by atoms with Crippen LogP contribution in [-0.4, -0.2) is 34.2 Å². The molecule has 4 rings (SSSR count). The minimum Gasteiger partial charge on any atom is -0.493 e. The summed E-state index contributed by atoms with van der Waals surface area (Å²) < 4.78 is 21.5. The van der Waals surface area contributed by atoms with Crippen LogP contribution in [0.5, 0.6) is 5.75 Å². The molecular weight excluding hydrogens is 441 g/mol. The maximum absolute atomic E-state index is 14.7. The maximum Gasteiger partial charge on any atom is 0.308 e. The standard InChI is InChI=1S/C25H24FN3O3S/c1-3-32-22-11-18(10-20(26)19(22)12-25(30)31)21-13-24(29-14-28-21)27-6-4-16-9-17-5-7-33-23(17)8-15(16)2/h5,7-11,13-14H,3-4,6,12H2,1-2H3,(H,30,31)(H,27,28,29). The lowest BCUT2D eigenvalue weighted by Crippen LogP contribution is -2.08. The molecule has 4 aromatic rings. The Balaban J connectivity index is 1.51. The molecule has 0 saturated heterocycles. The molecule has 2 N–H and O–H groups in total. The summed E-state index contributed by atoms with van der Waals surface area (Å²) in [6.07, 6.45) is 1.81. The molecule has 0 atom stereocenters. The Hall–Kier alpha value is -3.52. The van der Waals surface area contributed by atoms with E-state index in [-0.39, 0.29) is 11.3 Å². The van der Waals surface area contributed by atoms with Crippen LogP contribution < -0.4 is 10.1 Å². The Morgan fingerprint density at radius 3 is 2.85 bits per heavy atom. The molecule has 2 aromatic heterocycles. The number of ether oxygens (including phenoxy) is 1. The molecule has 0 bridgehead atoms. The van der Waals surface area contributed by atoms with E-state index in [0.29, 0.717) is 30.2 Å². The van der Waals surface area contributed by atoms with Crippen molar-refractivity contribution >= 4 is 33.2 Å². The van der Waals surface area contributed by atoms with E-state index in [4.69, 9.17) is 9.84 Å². The van der Waals surface area contributed by atoms with Crippen molar-refractivity contribution in [2.24, 2.45) is 0 Å². The molecule has 0 amide bonds. The number of benzene rings is 2. The second kappa shape index (κ2) is 9.95. The summed E-state index contributed by atoms with van der Waals surface area (Å²) in [7, 11) is 0. The molecule has 0 radical (unpaired) electrons. The van der Waals surface area contributed by atoms with E-state index in [0.717, 1.165) is 6.42 Å². The molecule has 0 unspecified atom stereocenters. The van der Waals surface area contributed by atoms with E-state index in [1.165, 1.54) is 33.6 Å². The number of thiophene rings is 1. The minimum atomic E-state index is -1.12. The molecule has 2 aromatic carbocycles. The zero-order valence-corrected chi connectivity index (χ0v) is 19.2. The van der Waals surface area contributed by atoms with E-state index in [2.05, 4.69) is 45.8 Å². The molecule has 6 nitrogen and oxygen atoms in total.